The fourth-order valence-electron chi connectivity index (χ4n) is 3.42. The van der Waals surface area contributed by atoms with Crippen LogP contribution in [0, 0.1) is 0 Å². The van der Waals surface area contributed by atoms with Crippen LogP contribution >= 0.6 is 22.9 Å². The molecule has 0 bridgehead atoms. The number of nitrogens with zero attached hydrogens (tertiary/aromatic N) is 3. The van der Waals surface area contributed by atoms with Gasteiger partial charge in [-0.25, -0.2) is 0 Å². The molecule has 0 unspecified atom stereocenters. The second kappa shape index (κ2) is 11.3. The third-order valence-electron chi connectivity index (χ3n) is 5.23. The summed E-state index contributed by atoms with van der Waals surface area (Å²) in [4.78, 5) is 17.9. The number of ether oxygens (including phenoxy) is 2. The Hall–Kier alpha value is -3.16. The second-order valence-corrected chi connectivity index (χ2v) is 9.23. The first-order valence-corrected chi connectivity index (χ1v) is 12.4. The molecule has 0 aliphatic carbocycles. The van der Waals surface area contributed by atoms with Crippen molar-refractivity contribution in [2.24, 2.45) is 0 Å². The van der Waals surface area contributed by atoms with E-state index in [-0.39, 0.29) is 5.56 Å². The highest BCUT2D eigenvalue weighted by Gasteiger charge is 2.10. The van der Waals surface area contributed by atoms with Gasteiger partial charge in [-0.05, 0) is 54.0 Å². The predicted molar refractivity (Wildman–Crippen MR) is 139 cm³/mol. The van der Waals surface area contributed by atoms with Crippen LogP contribution in [0.3, 0.4) is 0 Å². The number of fused-ring (bicyclic) bond motifs is 1. The minimum atomic E-state index is -0.200. The van der Waals surface area contributed by atoms with Crippen molar-refractivity contribution in [2.45, 2.75) is 32.6 Å². The van der Waals surface area contributed by atoms with Crippen LogP contribution < -0.4 is 19.6 Å². The number of hydrogen-bond acceptors (Lipinski definition) is 6. The molecule has 0 spiro atoms. The summed E-state index contributed by atoms with van der Waals surface area (Å²) >= 11 is 7.22. The number of hydrogen-bond donors (Lipinski definition) is 0. The number of halogens is 1. The zero-order valence-corrected chi connectivity index (χ0v) is 20.7. The molecule has 4 rings (SSSR count). The number of thiazole rings is 1. The van der Waals surface area contributed by atoms with E-state index in [9.17, 15) is 4.79 Å². The number of rotatable bonds is 10. The second-order valence-electron chi connectivity index (χ2n) is 7.78. The topological polar surface area (TPSA) is 65.7 Å². The molecule has 0 fully saturated rings. The summed E-state index contributed by atoms with van der Waals surface area (Å²) in [5, 5.41) is 5.02. The lowest BCUT2D eigenvalue weighted by Crippen LogP contribution is -2.23. The van der Waals surface area contributed by atoms with Gasteiger partial charge in [0.25, 0.3) is 5.56 Å². The first-order valence-electron chi connectivity index (χ1n) is 11.2. The Kier molecular flexibility index (Phi) is 7.98. The Morgan fingerprint density at radius 3 is 2.56 bits per heavy atom. The Morgan fingerprint density at radius 2 is 1.82 bits per heavy atom. The Labute approximate surface area is 207 Å². The molecule has 4 aromatic rings. The summed E-state index contributed by atoms with van der Waals surface area (Å²) in [7, 11) is 1.62. The molecule has 2 aromatic carbocycles. The highest BCUT2D eigenvalue weighted by Crippen LogP contribution is 2.28. The van der Waals surface area contributed by atoms with E-state index in [2.05, 4.69) is 17.0 Å². The van der Waals surface area contributed by atoms with Crippen LogP contribution in [0.5, 0.6) is 11.5 Å². The molecule has 0 saturated carbocycles. The fraction of sp³-hybridized carbons (Fsp3) is 0.269. The molecular weight excluding hydrogens is 470 g/mol. The van der Waals surface area contributed by atoms with Crippen LogP contribution in [0.1, 0.15) is 49.6 Å². The van der Waals surface area contributed by atoms with E-state index < -0.39 is 0 Å². The van der Waals surface area contributed by atoms with Gasteiger partial charge >= 0.3 is 0 Å². The average Bonchev–Trinajstić information content (AvgIpc) is 3.37. The monoisotopic (exact) mass is 495 g/mol. The van der Waals surface area contributed by atoms with Gasteiger partial charge in [-0.15, -0.1) is 5.10 Å². The van der Waals surface area contributed by atoms with Crippen molar-refractivity contribution in [3.05, 3.63) is 79.3 Å². The molecular formula is C26H26ClN3O3S. The molecule has 0 radical (unpaired) electrons. The first-order chi connectivity index (χ1) is 16.6. The molecule has 0 aliphatic rings. The van der Waals surface area contributed by atoms with Crippen LogP contribution in [0.4, 0.5) is 0 Å². The van der Waals surface area contributed by atoms with Gasteiger partial charge in [0.2, 0.25) is 4.96 Å². The quantitative estimate of drug-likeness (QED) is 0.272. The van der Waals surface area contributed by atoms with Crippen molar-refractivity contribution in [1.29, 1.82) is 0 Å². The minimum Gasteiger partial charge on any atom is -0.493 e. The van der Waals surface area contributed by atoms with Gasteiger partial charge in [0, 0.05) is 5.02 Å². The van der Waals surface area contributed by atoms with E-state index in [4.69, 9.17) is 21.1 Å². The zero-order chi connectivity index (χ0) is 23.9. The molecule has 2 heterocycles. The number of unbranched alkanes of at least 4 members (excludes halogenated alkanes) is 3. The predicted octanol–water partition coefficient (Wildman–Crippen LogP) is 5.49. The van der Waals surface area contributed by atoms with Gasteiger partial charge in [0.15, 0.2) is 17.3 Å². The maximum Gasteiger partial charge on any atom is 0.291 e. The van der Waals surface area contributed by atoms with Gasteiger partial charge < -0.3 is 9.47 Å². The highest BCUT2D eigenvalue weighted by molar-refractivity contribution is 7.15. The first kappa shape index (κ1) is 24.0. The van der Waals surface area contributed by atoms with Gasteiger partial charge in [0.05, 0.1) is 18.2 Å². The summed E-state index contributed by atoms with van der Waals surface area (Å²) < 4.78 is 13.3. The van der Waals surface area contributed by atoms with E-state index in [1.165, 1.54) is 28.7 Å². The van der Waals surface area contributed by atoms with Gasteiger partial charge in [-0.1, -0.05) is 73.4 Å². The number of methoxy groups -OCH3 is 1. The molecule has 0 aliphatic heterocycles. The molecule has 34 heavy (non-hydrogen) atoms. The lowest BCUT2D eigenvalue weighted by atomic mass is 10.2. The molecule has 0 amide bonds. The van der Waals surface area contributed by atoms with E-state index in [0.29, 0.717) is 38.4 Å². The third-order valence-corrected chi connectivity index (χ3v) is 6.45. The zero-order valence-electron chi connectivity index (χ0n) is 19.2. The van der Waals surface area contributed by atoms with Crippen LogP contribution in [0.15, 0.2) is 47.3 Å². The van der Waals surface area contributed by atoms with Crippen LogP contribution in [0.25, 0.3) is 23.2 Å². The van der Waals surface area contributed by atoms with Crippen molar-refractivity contribution in [2.75, 3.05) is 13.7 Å². The fourth-order valence-corrected chi connectivity index (χ4v) is 4.46. The van der Waals surface area contributed by atoms with E-state index >= 15 is 0 Å². The lowest BCUT2D eigenvalue weighted by molar-refractivity contribution is 0.285. The van der Waals surface area contributed by atoms with Gasteiger partial charge in [-0.3, -0.25) is 4.79 Å². The van der Waals surface area contributed by atoms with Crippen LogP contribution in [-0.4, -0.2) is 28.3 Å². The van der Waals surface area contributed by atoms with Crippen molar-refractivity contribution < 1.29 is 9.47 Å². The normalized spacial score (nSPS) is 12.1. The molecule has 0 N–H and O–H groups in total. The number of aromatic nitrogens is 3. The highest BCUT2D eigenvalue weighted by atomic mass is 35.5. The molecule has 176 valence electrons. The van der Waals surface area contributed by atoms with Crippen molar-refractivity contribution in [3.8, 4) is 11.5 Å². The molecule has 8 heteroatoms. The summed E-state index contributed by atoms with van der Waals surface area (Å²) in [6, 6.07) is 13.1. The van der Waals surface area contributed by atoms with E-state index in [1.807, 2.05) is 54.6 Å². The standard InChI is InChI=1S/C26H26ClN3O3S/c1-3-4-5-6-15-33-21-13-9-19(16-22(21)32-2)17-23-25(31)30-26(34-23)28-24(29-30)14-10-18-7-11-20(27)12-8-18/h7-14,16-17H,3-6,15H2,1-2H3/b14-10+,23-17+. The summed E-state index contributed by atoms with van der Waals surface area (Å²) in [5.74, 6) is 1.83. The van der Waals surface area contributed by atoms with Gasteiger partial charge in [0.1, 0.15) is 0 Å². The Balaban J connectivity index is 1.51. The minimum absolute atomic E-state index is 0.200. The molecule has 2 aromatic heterocycles. The van der Waals surface area contributed by atoms with Crippen molar-refractivity contribution >= 4 is 46.1 Å². The molecule has 0 saturated heterocycles. The average molecular weight is 496 g/mol. The smallest absolute Gasteiger partial charge is 0.291 e. The van der Waals surface area contributed by atoms with Crippen LogP contribution in [-0.2, 0) is 0 Å². The lowest BCUT2D eigenvalue weighted by Gasteiger charge is -2.11. The maximum atomic E-state index is 12.9. The van der Waals surface area contributed by atoms with E-state index in [0.717, 1.165) is 24.0 Å². The Morgan fingerprint density at radius 1 is 1.03 bits per heavy atom. The summed E-state index contributed by atoms with van der Waals surface area (Å²) in [6.07, 6.45) is 10.1. The summed E-state index contributed by atoms with van der Waals surface area (Å²) in [6.45, 7) is 2.85. The Bertz CT molecular complexity index is 1390. The van der Waals surface area contributed by atoms with Crippen LogP contribution in [0.2, 0.25) is 5.02 Å². The van der Waals surface area contributed by atoms with Crippen molar-refractivity contribution in [3.63, 3.8) is 0 Å². The largest absolute Gasteiger partial charge is 0.493 e. The number of benzene rings is 2. The van der Waals surface area contributed by atoms with E-state index in [1.54, 1.807) is 13.2 Å². The van der Waals surface area contributed by atoms with Gasteiger partial charge in [-0.2, -0.15) is 9.50 Å². The molecule has 0 atom stereocenters. The third kappa shape index (κ3) is 5.85. The van der Waals surface area contributed by atoms with Crippen molar-refractivity contribution in [1.82, 2.24) is 14.6 Å². The summed E-state index contributed by atoms with van der Waals surface area (Å²) in [5.41, 5.74) is 1.62. The molecule has 6 nitrogen and oxygen atoms in total. The maximum absolute atomic E-state index is 12.9. The SMILES string of the molecule is CCCCCCOc1ccc(/C=c2/sc3nc(/C=C/c4ccc(Cl)cc4)nn3c2=O)cc1OC.